The highest BCUT2D eigenvalue weighted by Crippen LogP contribution is 2.47. The maximum absolute atomic E-state index is 12.9. The summed E-state index contributed by atoms with van der Waals surface area (Å²) in [4.78, 5) is 55.0. The molecule has 0 spiro atoms. The second-order valence-electron chi connectivity index (χ2n) is 10.5. The number of carbonyl (C=O) groups is 2. The lowest BCUT2D eigenvalue weighted by molar-refractivity contribution is -0.145. The predicted octanol–water partition coefficient (Wildman–Crippen LogP) is 3.83. The highest BCUT2D eigenvalue weighted by Gasteiger charge is 2.40. The topological polar surface area (TPSA) is 204 Å². The minimum Gasteiger partial charge on any atom is -0.508 e. The van der Waals surface area contributed by atoms with Crippen molar-refractivity contribution in [2.24, 2.45) is 17.8 Å². The number of phosphoric ester groups is 1. The van der Waals surface area contributed by atoms with Crippen LogP contribution in [-0.2, 0) is 18.7 Å². The van der Waals surface area contributed by atoms with Gasteiger partial charge in [-0.25, -0.2) is 4.57 Å². The smallest absolute Gasteiger partial charge is 0.469 e. The number of phenols is 1. The fourth-order valence-corrected chi connectivity index (χ4v) is 6.07. The second-order valence-corrected chi connectivity index (χ2v) is 11.8. The van der Waals surface area contributed by atoms with Crippen LogP contribution in [0.3, 0.4) is 0 Å². The van der Waals surface area contributed by atoms with Crippen molar-refractivity contribution >= 4 is 30.7 Å². The molecule has 3 aliphatic rings. The number of hydrogen-bond acceptors (Lipinski definition) is 8. The van der Waals surface area contributed by atoms with Gasteiger partial charge in [-0.15, -0.1) is 0 Å². The van der Waals surface area contributed by atoms with Gasteiger partial charge in [0, 0.05) is 48.1 Å². The summed E-state index contributed by atoms with van der Waals surface area (Å²) in [6.07, 6.45) is 2.61. The van der Waals surface area contributed by atoms with Crippen molar-refractivity contribution in [3.8, 4) is 17.1 Å². The molecule has 12 nitrogen and oxygen atoms in total. The number of aliphatic carboxylic acids is 1. The number of phenolic OH excluding ortho intramolecular Hbond substituents is 1. The number of aromatic hydroxyl groups is 1. The summed E-state index contributed by atoms with van der Waals surface area (Å²) in [6.45, 7) is -0.220. The number of aliphatic hydroxyl groups excluding tert-OH is 1. The van der Waals surface area contributed by atoms with Gasteiger partial charge in [0.15, 0.2) is 5.43 Å². The van der Waals surface area contributed by atoms with E-state index >= 15 is 0 Å². The van der Waals surface area contributed by atoms with Gasteiger partial charge < -0.3 is 34.8 Å². The summed E-state index contributed by atoms with van der Waals surface area (Å²) in [6, 6.07) is 8.96. The van der Waals surface area contributed by atoms with Gasteiger partial charge in [0.05, 0.1) is 12.5 Å². The number of aliphatic hydroxyl groups is 1. The molecule has 1 amide bonds. The van der Waals surface area contributed by atoms with Crippen LogP contribution >= 0.6 is 7.82 Å². The molecule has 4 unspecified atom stereocenters. The third-order valence-electron chi connectivity index (χ3n) is 7.70. The molecule has 6 N–H and O–H groups in total. The van der Waals surface area contributed by atoms with Crippen molar-refractivity contribution in [1.29, 1.82) is 0 Å². The molecule has 0 bridgehead atoms. The quantitative estimate of drug-likeness (QED) is 0.0992. The van der Waals surface area contributed by atoms with E-state index in [-0.39, 0.29) is 44.1 Å². The van der Waals surface area contributed by atoms with Gasteiger partial charge in [-0.05, 0) is 67.9 Å². The van der Waals surface area contributed by atoms with Gasteiger partial charge in [0.1, 0.15) is 17.1 Å². The minimum absolute atomic E-state index is 0. The lowest BCUT2D eigenvalue weighted by Gasteiger charge is -2.35. The molecule has 13 heteroatoms. The van der Waals surface area contributed by atoms with Gasteiger partial charge in [-0.3, -0.25) is 18.9 Å². The van der Waals surface area contributed by atoms with E-state index < -0.39 is 37.5 Å². The van der Waals surface area contributed by atoms with Crippen molar-refractivity contribution in [1.82, 2.24) is 5.32 Å². The molecule has 1 aromatic carbocycles. The molecule has 0 radical (unpaired) electrons. The standard InChI is InChI=1S/C28H34NO11P.CH4/c30-14-16(15-39-41(36,37)38)3-1-2-10-29-27(33)17-4-7-20(23(11-17)28(34)35)26-21-8-5-18(31)12-24(21)40-25-13-19(32)6-9-22(25)26;/h5-6,8-9,12-13,16-17,20,23,30-31H,1-4,7,10-11,14-15H2,(H,29,33)(H,34,35)(H2,36,37,38);1H4. The van der Waals surface area contributed by atoms with Gasteiger partial charge in [0.2, 0.25) is 5.91 Å². The number of amides is 1. The lowest BCUT2D eigenvalue weighted by atomic mass is 9.69. The molecular formula is C29H38NO11P. The average Bonchev–Trinajstić information content (AvgIpc) is 2.92. The SMILES string of the molecule is C.O=C(NCCCCC(CO)COP(=O)(O)O)C1CCC(c2c3ccc(=O)cc-3oc3cc(O)ccc23)C(C(=O)O)C1. The summed E-state index contributed by atoms with van der Waals surface area (Å²) >= 11 is 0. The van der Waals surface area contributed by atoms with Crippen molar-refractivity contribution < 1.29 is 48.2 Å². The van der Waals surface area contributed by atoms with Gasteiger partial charge in [-0.2, -0.15) is 0 Å². The molecule has 0 aromatic heterocycles. The number of carboxylic acids is 1. The number of benzene rings is 2. The van der Waals surface area contributed by atoms with E-state index in [0.29, 0.717) is 66.5 Å². The highest BCUT2D eigenvalue weighted by molar-refractivity contribution is 7.46. The molecule has 0 saturated heterocycles. The number of phosphoric acid groups is 1. The van der Waals surface area contributed by atoms with E-state index in [1.54, 1.807) is 12.1 Å². The van der Waals surface area contributed by atoms with Crippen LogP contribution in [0.4, 0.5) is 0 Å². The Labute approximate surface area is 242 Å². The van der Waals surface area contributed by atoms with Crippen molar-refractivity contribution in [3.63, 3.8) is 0 Å². The summed E-state index contributed by atoms with van der Waals surface area (Å²) in [7, 11) is -4.61. The van der Waals surface area contributed by atoms with Crippen LogP contribution < -0.4 is 10.7 Å². The van der Waals surface area contributed by atoms with E-state index in [1.807, 2.05) is 0 Å². The van der Waals surface area contributed by atoms with Crippen LogP contribution in [0, 0.1) is 17.8 Å². The maximum Gasteiger partial charge on any atom is 0.469 e. The first kappa shape index (κ1) is 33.2. The summed E-state index contributed by atoms with van der Waals surface area (Å²) in [5.74, 6) is -3.25. The summed E-state index contributed by atoms with van der Waals surface area (Å²) in [5.41, 5.74) is 1.41. The minimum atomic E-state index is -4.61. The fraction of sp³-hybridized carbons (Fsp3) is 0.483. The average molecular weight is 608 g/mol. The van der Waals surface area contributed by atoms with Crippen molar-refractivity contribution in [2.75, 3.05) is 19.8 Å². The molecule has 4 rings (SSSR count). The third kappa shape index (κ3) is 8.17. The molecular weight excluding hydrogens is 569 g/mol. The van der Waals surface area contributed by atoms with Crippen molar-refractivity contribution in [2.45, 2.75) is 51.9 Å². The zero-order valence-electron chi connectivity index (χ0n) is 22.3. The molecule has 230 valence electrons. The maximum atomic E-state index is 12.9. The van der Waals surface area contributed by atoms with Crippen LogP contribution in [0.1, 0.15) is 57.4 Å². The number of hydrogen-bond donors (Lipinski definition) is 6. The van der Waals surface area contributed by atoms with E-state index in [9.17, 15) is 34.3 Å². The first-order valence-electron chi connectivity index (χ1n) is 13.5. The van der Waals surface area contributed by atoms with Crippen LogP contribution in [-0.4, -0.2) is 56.7 Å². The van der Waals surface area contributed by atoms with E-state index in [4.69, 9.17) is 14.2 Å². The zero-order valence-corrected chi connectivity index (χ0v) is 23.2. The van der Waals surface area contributed by atoms with E-state index in [0.717, 1.165) is 0 Å². The normalized spacial score (nSPS) is 19.7. The molecule has 1 saturated carbocycles. The fourth-order valence-electron chi connectivity index (χ4n) is 5.66. The van der Waals surface area contributed by atoms with Crippen LogP contribution in [0.25, 0.3) is 22.3 Å². The monoisotopic (exact) mass is 607 g/mol. The summed E-state index contributed by atoms with van der Waals surface area (Å²) < 4.78 is 21.2. The van der Waals surface area contributed by atoms with Crippen LogP contribution in [0.15, 0.2) is 45.6 Å². The number of carboxylic acid groups (broad SMARTS) is 1. The molecule has 1 heterocycles. The summed E-state index contributed by atoms with van der Waals surface area (Å²) in [5, 5.41) is 33.0. The first-order chi connectivity index (χ1) is 19.5. The lowest BCUT2D eigenvalue weighted by Crippen LogP contribution is -2.38. The Morgan fingerprint density at radius 1 is 1.12 bits per heavy atom. The van der Waals surface area contributed by atoms with E-state index in [1.165, 1.54) is 24.3 Å². The Morgan fingerprint density at radius 3 is 2.57 bits per heavy atom. The van der Waals surface area contributed by atoms with E-state index in [2.05, 4.69) is 9.84 Å². The molecule has 4 atom stereocenters. The van der Waals surface area contributed by atoms with Crippen LogP contribution in [0.2, 0.25) is 0 Å². The first-order valence-corrected chi connectivity index (χ1v) is 15.0. The predicted molar refractivity (Wildman–Crippen MR) is 154 cm³/mol. The number of unbranched alkanes of at least 4 members (excludes halogenated alkanes) is 1. The zero-order chi connectivity index (χ0) is 29.7. The highest BCUT2D eigenvalue weighted by atomic mass is 31.2. The Morgan fingerprint density at radius 2 is 1.88 bits per heavy atom. The Kier molecular flexibility index (Phi) is 11.3. The Bertz CT molecular complexity index is 1470. The number of fused-ring (bicyclic) bond motifs is 2. The molecule has 1 aromatic rings. The van der Waals surface area contributed by atoms with Gasteiger partial charge in [0.25, 0.3) is 0 Å². The second kappa shape index (κ2) is 14.3. The number of nitrogens with one attached hydrogen (secondary N) is 1. The van der Waals surface area contributed by atoms with Gasteiger partial charge >= 0.3 is 13.8 Å². The molecule has 2 aliphatic carbocycles. The Balaban J connectivity index is 0.00000484. The Hall–Kier alpha value is -3.28. The third-order valence-corrected chi connectivity index (χ3v) is 8.19. The van der Waals surface area contributed by atoms with Crippen LogP contribution in [0.5, 0.6) is 5.75 Å². The molecule has 1 fully saturated rings. The molecule has 42 heavy (non-hydrogen) atoms. The largest absolute Gasteiger partial charge is 0.508 e. The van der Waals surface area contributed by atoms with Gasteiger partial charge in [-0.1, -0.05) is 13.8 Å². The molecule has 1 aliphatic heterocycles. The number of rotatable bonds is 12. The number of carbonyl (C=O) groups excluding carboxylic acids is 1. The van der Waals surface area contributed by atoms with Crippen molar-refractivity contribution in [3.05, 3.63) is 52.2 Å².